The lowest BCUT2D eigenvalue weighted by atomic mass is 10.1. The van der Waals surface area contributed by atoms with Crippen LogP contribution >= 0.6 is 0 Å². The van der Waals surface area contributed by atoms with Crippen LogP contribution in [0.15, 0.2) is 29.1 Å². The number of methoxy groups -OCH3 is 2. The summed E-state index contributed by atoms with van der Waals surface area (Å²) in [4.78, 5) is 44.8. The number of hydrogen-bond acceptors (Lipinski definition) is 12. The molecule has 0 amide bonds. The third kappa shape index (κ3) is 7.88. The number of aryl methyl sites for hydroxylation is 1. The predicted octanol–water partition coefficient (Wildman–Crippen LogP) is 3.67. The summed E-state index contributed by atoms with van der Waals surface area (Å²) >= 11 is 0. The molecule has 0 fully saturated rings. The van der Waals surface area contributed by atoms with Gasteiger partial charge in [-0.05, 0) is 45.8 Å². The Morgan fingerprint density at radius 3 is 2.33 bits per heavy atom. The average molecular weight is 634 g/mol. The fraction of sp³-hybridized carbons (Fsp3) is 0.414. The fourth-order valence-electron chi connectivity index (χ4n) is 4.43. The van der Waals surface area contributed by atoms with Crippen molar-refractivity contribution in [2.45, 2.75) is 20.0 Å². The molecule has 2 aromatic heterocycles. The van der Waals surface area contributed by atoms with Crippen molar-refractivity contribution in [3.05, 3.63) is 40.3 Å². The summed E-state index contributed by atoms with van der Waals surface area (Å²) in [6, 6.07) is 6.07. The van der Waals surface area contributed by atoms with E-state index in [0.717, 1.165) is 13.1 Å². The minimum Gasteiger partial charge on any atom is -0.493 e. The van der Waals surface area contributed by atoms with Crippen LogP contribution in [0.4, 0.5) is 25.1 Å². The van der Waals surface area contributed by atoms with Crippen LogP contribution in [0.5, 0.6) is 23.0 Å². The normalized spacial score (nSPS) is 11.8. The first-order valence-corrected chi connectivity index (χ1v) is 13.9. The number of likely N-dealkylation sites (N-methyl/N-ethyl adjacent to an activating group) is 2. The summed E-state index contributed by atoms with van der Waals surface area (Å²) in [6.45, 7) is 6.47. The summed E-state index contributed by atoms with van der Waals surface area (Å²) in [7, 11) is 6.88. The van der Waals surface area contributed by atoms with Crippen molar-refractivity contribution in [1.29, 1.82) is 0 Å². The Bertz CT molecular complexity index is 1750. The molecular weight excluding hydrogens is 599 g/mol. The molecule has 0 bridgehead atoms. The topological polar surface area (TPSA) is 144 Å². The number of hydrogen-bond donors (Lipinski definition) is 2. The Labute approximate surface area is 256 Å². The van der Waals surface area contributed by atoms with Crippen molar-refractivity contribution >= 4 is 39.7 Å². The molecule has 2 heterocycles. The molecule has 0 saturated heterocycles. The van der Waals surface area contributed by atoms with Crippen LogP contribution in [0.2, 0.25) is 0 Å². The molecule has 2 N–H and O–H groups in total. The highest BCUT2D eigenvalue weighted by atomic mass is 19.4. The Hall–Kier alpha value is -4.70. The number of nitrogens with zero attached hydrogens (tertiary/aromatic N) is 5. The predicted molar refractivity (Wildman–Crippen MR) is 161 cm³/mol. The van der Waals surface area contributed by atoms with Gasteiger partial charge in [-0.1, -0.05) is 6.92 Å². The average Bonchev–Trinajstić information content (AvgIpc) is 2.98. The maximum atomic E-state index is 13.3. The van der Waals surface area contributed by atoms with E-state index in [4.69, 9.17) is 18.9 Å². The van der Waals surface area contributed by atoms with Gasteiger partial charge in [0.1, 0.15) is 12.0 Å². The number of halogens is 3. The van der Waals surface area contributed by atoms with Gasteiger partial charge < -0.3 is 23.8 Å². The maximum Gasteiger partial charge on any atom is 0.491 e. The van der Waals surface area contributed by atoms with Crippen LogP contribution in [-0.4, -0.2) is 103 Å². The number of fused-ring (bicyclic) bond motifs is 2. The van der Waals surface area contributed by atoms with Crippen LogP contribution in [-0.2, 0) is 4.79 Å². The molecular formula is C29H34F3N7O6. The number of ether oxygens (including phenoxy) is 4. The van der Waals surface area contributed by atoms with E-state index < -0.39 is 28.8 Å². The molecule has 242 valence electrons. The fourth-order valence-corrected chi connectivity index (χ4v) is 4.43. The number of alkyl halides is 3. The third-order valence-electron chi connectivity index (χ3n) is 6.81. The van der Waals surface area contributed by atoms with Crippen molar-refractivity contribution in [2.75, 3.05) is 66.4 Å². The Kier molecular flexibility index (Phi) is 10.3. The Morgan fingerprint density at radius 1 is 0.978 bits per heavy atom. The lowest BCUT2D eigenvalue weighted by Gasteiger charge is -2.22. The van der Waals surface area contributed by atoms with E-state index >= 15 is 0 Å². The summed E-state index contributed by atoms with van der Waals surface area (Å²) in [6.07, 6.45) is -5.32. The van der Waals surface area contributed by atoms with Crippen molar-refractivity contribution in [1.82, 2.24) is 29.7 Å². The summed E-state index contributed by atoms with van der Waals surface area (Å²) in [5, 5.41) is 3.12. The van der Waals surface area contributed by atoms with Gasteiger partial charge in [0.05, 0.1) is 30.9 Å². The Morgan fingerprint density at radius 2 is 1.69 bits per heavy atom. The second kappa shape index (κ2) is 13.9. The molecule has 45 heavy (non-hydrogen) atoms. The zero-order valence-electron chi connectivity index (χ0n) is 25.7. The highest BCUT2D eigenvalue weighted by molar-refractivity contribution is 5.91. The van der Waals surface area contributed by atoms with E-state index in [0.29, 0.717) is 41.2 Å². The van der Waals surface area contributed by atoms with Gasteiger partial charge in [-0.2, -0.15) is 13.2 Å². The van der Waals surface area contributed by atoms with Crippen LogP contribution in [0, 0.1) is 6.92 Å². The zero-order chi connectivity index (χ0) is 32.9. The van der Waals surface area contributed by atoms with Gasteiger partial charge >= 0.3 is 12.1 Å². The first-order chi connectivity index (χ1) is 21.3. The monoisotopic (exact) mass is 633 g/mol. The van der Waals surface area contributed by atoms with E-state index in [9.17, 15) is 22.8 Å². The van der Waals surface area contributed by atoms with E-state index in [1.807, 2.05) is 25.9 Å². The van der Waals surface area contributed by atoms with Gasteiger partial charge in [-0.15, -0.1) is 0 Å². The molecule has 13 nitrogen and oxygen atoms in total. The Balaban J connectivity index is 1.68. The molecule has 0 spiro atoms. The minimum atomic E-state index is -5.32. The lowest BCUT2D eigenvalue weighted by Crippen LogP contribution is -2.34. The van der Waals surface area contributed by atoms with Gasteiger partial charge in [0.2, 0.25) is 11.9 Å². The molecule has 0 atom stereocenters. The first-order valence-electron chi connectivity index (χ1n) is 13.9. The van der Waals surface area contributed by atoms with Crippen LogP contribution < -0.4 is 29.8 Å². The van der Waals surface area contributed by atoms with Gasteiger partial charge in [-0.3, -0.25) is 20.0 Å². The number of esters is 1. The molecule has 16 heteroatoms. The quantitative estimate of drug-likeness (QED) is 0.164. The minimum absolute atomic E-state index is 0.0592. The van der Waals surface area contributed by atoms with Crippen LogP contribution in [0.25, 0.3) is 21.8 Å². The molecule has 0 aliphatic carbocycles. The van der Waals surface area contributed by atoms with Crippen LogP contribution in [0.1, 0.15) is 12.6 Å². The summed E-state index contributed by atoms with van der Waals surface area (Å²) < 4.78 is 60.7. The number of aromatic amines is 1. The molecule has 0 saturated carbocycles. The standard InChI is InChI=1S/C29H34F3N7O6/c1-7-39(11-10-38(3)4)12-13-44-20-9-8-18-23(24(20)45-26(41)29(30,31)32)25(40)36-28(34-18)37-27-33-16(2)17-14-21(42-5)22(43-6)15-19(17)35-27/h8-9,14-15H,7,10-13H2,1-6H3,(H2,33,34,35,36,37,40). The molecule has 0 radical (unpaired) electrons. The molecule has 2 aromatic carbocycles. The number of rotatable bonds is 13. The zero-order valence-corrected chi connectivity index (χ0v) is 25.7. The van der Waals surface area contributed by atoms with Gasteiger partial charge in [0, 0.05) is 31.1 Å². The van der Waals surface area contributed by atoms with Gasteiger partial charge in [0.25, 0.3) is 5.56 Å². The smallest absolute Gasteiger partial charge is 0.491 e. The molecule has 4 aromatic rings. The third-order valence-corrected chi connectivity index (χ3v) is 6.81. The number of anilines is 2. The van der Waals surface area contributed by atoms with E-state index in [-0.39, 0.29) is 29.8 Å². The molecule has 0 unspecified atom stereocenters. The number of carbonyl (C=O) groups excluding carboxylic acids is 1. The highest BCUT2D eigenvalue weighted by Crippen LogP contribution is 2.36. The van der Waals surface area contributed by atoms with Gasteiger partial charge in [-0.25, -0.2) is 19.7 Å². The van der Waals surface area contributed by atoms with Crippen molar-refractivity contribution in [2.24, 2.45) is 0 Å². The second-order valence-electron chi connectivity index (χ2n) is 10.2. The highest BCUT2D eigenvalue weighted by Gasteiger charge is 2.42. The van der Waals surface area contributed by atoms with E-state index in [1.165, 1.54) is 26.4 Å². The van der Waals surface area contributed by atoms with E-state index in [1.54, 1.807) is 19.1 Å². The largest absolute Gasteiger partial charge is 0.493 e. The van der Waals surface area contributed by atoms with Crippen molar-refractivity contribution < 1.29 is 36.9 Å². The molecule has 0 aliphatic heterocycles. The van der Waals surface area contributed by atoms with E-state index in [2.05, 4.69) is 30.2 Å². The van der Waals surface area contributed by atoms with Crippen LogP contribution in [0.3, 0.4) is 0 Å². The maximum absolute atomic E-state index is 13.3. The second-order valence-corrected chi connectivity index (χ2v) is 10.2. The van der Waals surface area contributed by atoms with Crippen molar-refractivity contribution in [3.8, 4) is 23.0 Å². The number of aromatic nitrogens is 4. The summed E-state index contributed by atoms with van der Waals surface area (Å²) in [5.41, 5.74) is 0.141. The lowest BCUT2D eigenvalue weighted by molar-refractivity contribution is -0.189. The SMILES string of the molecule is CCN(CCOc1ccc2nc(Nc3nc(C)c4cc(OC)c(OC)cc4n3)[nH]c(=O)c2c1OC(=O)C(F)(F)F)CCN(C)C. The number of nitrogens with one attached hydrogen (secondary N) is 2. The number of H-pyrrole nitrogens is 1. The van der Waals surface area contributed by atoms with Crippen molar-refractivity contribution in [3.63, 3.8) is 0 Å². The van der Waals surface area contributed by atoms with Gasteiger partial charge in [0.15, 0.2) is 23.0 Å². The summed E-state index contributed by atoms with van der Waals surface area (Å²) in [5.74, 6) is -2.49. The first kappa shape index (κ1) is 33.2. The molecule has 4 rings (SSSR count). The number of benzene rings is 2. The number of carbonyl (C=O) groups is 1. The molecule has 0 aliphatic rings.